The van der Waals surface area contributed by atoms with Crippen molar-refractivity contribution in [3.05, 3.63) is 54.2 Å². The van der Waals surface area contributed by atoms with Crippen molar-refractivity contribution in [2.75, 3.05) is 0 Å². The van der Waals surface area contributed by atoms with Gasteiger partial charge in [-0.05, 0) is 30.5 Å². The topological polar surface area (TPSA) is 3.88 Å². The first-order valence-corrected chi connectivity index (χ1v) is 6.86. The minimum Gasteiger partial charge on any atom is -0.201 e. The van der Waals surface area contributed by atoms with E-state index in [1.807, 2.05) is 0 Å². The smallest absolute Gasteiger partial charge is 0.201 e. The monoisotopic (exact) mass is 240 g/mol. The maximum atomic E-state index is 2.26. The highest BCUT2D eigenvalue weighted by Gasteiger charge is 2.11. The molecule has 1 aromatic heterocycles. The van der Waals surface area contributed by atoms with Gasteiger partial charge in [0, 0.05) is 17.7 Å². The molecule has 0 saturated carbocycles. The second kappa shape index (κ2) is 6.34. The number of aromatic nitrogens is 1. The first-order chi connectivity index (χ1) is 8.83. The third-order valence-corrected chi connectivity index (χ3v) is 3.40. The zero-order chi connectivity index (χ0) is 12.8. The fraction of sp³-hybridized carbons (Fsp3) is 0.353. The van der Waals surface area contributed by atoms with Gasteiger partial charge in [-0.2, -0.15) is 0 Å². The number of pyridine rings is 1. The Kier molecular flexibility index (Phi) is 4.52. The van der Waals surface area contributed by atoms with Gasteiger partial charge in [-0.25, -0.2) is 4.57 Å². The van der Waals surface area contributed by atoms with Crippen LogP contribution in [0.15, 0.2) is 48.7 Å². The highest BCUT2D eigenvalue weighted by atomic mass is 14.9. The van der Waals surface area contributed by atoms with Crippen LogP contribution in [0.4, 0.5) is 0 Å². The van der Waals surface area contributed by atoms with E-state index in [2.05, 4.69) is 67.2 Å². The fourth-order valence-corrected chi connectivity index (χ4v) is 2.36. The molecule has 18 heavy (non-hydrogen) atoms. The van der Waals surface area contributed by atoms with E-state index in [1.54, 1.807) is 0 Å². The third-order valence-electron chi connectivity index (χ3n) is 3.40. The normalized spacial score (nSPS) is 10.6. The SMILES string of the molecule is CCCCCc1ccccc1-c1cccc[n+]1C. The summed E-state index contributed by atoms with van der Waals surface area (Å²) in [7, 11) is 2.11. The summed E-state index contributed by atoms with van der Waals surface area (Å²) in [5.41, 5.74) is 4.13. The lowest BCUT2D eigenvalue weighted by Gasteiger charge is -2.07. The van der Waals surface area contributed by atoms with E-state index >= 15 is 0 Å². The summed E-state index contributed by atoms with van der Waals surface area (Å²) in [6, 6.07) is 15.1. The quantitative estimate of drug-likeness (QED) is 0.551. The molecule has 1 nitrogen and oxygen atoms in total. The van der Waals surface area contributed by atoms with Gasteiger partial charge in [0.25, 0.3) is 0 Å². The van der Waals surface area contributed by atoms with Crippen LogP contribution in [0.2, 0.25) is 0 Å². The van der Waals surface area contributed by atoms with Gasteiger partial charge in [0.1, 0.15) is 7.05 Å². The summed E-state index contributed by atoms with van der Waals surface area (Å²) < 4.78 is 2.19. The zero-order valence-electron chi connectivity index (χ0n) is 11.4. The maximum Gasteiger partial charge on any atom is 0.212 e. The summed E-state index contributed by atoms with van der Waals surface area (Å²) in [5, 5.41) is 0. The van der Waals surface area contributed by atoms with E-state index in [4.69, 9.17) is 0 Å². The molecule has 2 rings (SSSR count). The molecule has 1 heteroatoms. The van der Waals surface area contributed by atoms with Crippen molar-refractivity contribution in [3.8, 4) is 11.3 Å². The van der Waals surface area contributed by atoms with Crippen molar-refractivity contribution in [1.82, 2.24) is 0 Å². The standard InChI is InChI=1S/C17H22N/c1-3-4-5-10-15-11-6-7-12-16(15)17-13-8-9-14-18(17)2/h6-9,11-14H,3-5,10H2,1-2H3/q+1. The number of aryl methyl sites for hydroxylation is 2. The minimum absolute atomic E-state index is 1.18. The van der Waals surface area contributed by atoms with Crippen LogP contribution in [0.1, 0.15) is 31.7 Å². The number of unbranched alkanes of at least 4 members (excludes halogenated alkanes) is 2. The molecule has 0 radical (unpaired) electrons. The molecule has 0 aliphatic carbocycles. The van der Waals surface area contributed by atoms with Crippen LogP contribution >= 0.6 is 0 Å². The van der Waals surface area contributed by atoms with Crippen LogP contribution in [0.5, 0.6) is 0 Å². The van der Waals surface area contributed by atoms with Crippen molar-refractivity contribution in [2.24, 2.45) is 7.05 Å². The van der Waals surface area contributed by atoms with Crippen LogP contribution in [0, 0.1) is 0 Å². The second-order valence-electron chi connectivity index (χ2n) is 4.81. The average Bonchev–Trinajstić information content (AvgIpc) is 2.40. The van der Waals surface area contributed by atoms with Crippen molar-refractivity contribution in [2.45, 2.75) is 32.6 Å². The van der Waals surface area contributed by atoms with Crippen LogP contribution in [0.3, 0.4) is 0 Å². The van der Waals surface area contributed by atoms with Gasteiger partial charge in [0.15, 0.2) is 6.20 Å². The van der Waals surface area contributed by atoms with Gasteiger partial charge in [-0.1, -0.05) is 38.0 Å². The van der Waals surface area contributed by atoms with Crippen LogP contribution in [-0.4, -0.2) is 0 Å². The highest BCUT2D eigenvalue weighted by Crippen LogP contribution is 2.22. The lowest BCUT2D eigenvalue weighted by molar-refractivity contribution is -0.660. The molecule has 0 spiro atoms. The minimum atomic E-state index is 1.18. The van der Waals surface area contributed by atoms with Gasteiger partial charge in [-0.15, -0.1) is 0 Å². The second-order valence-corrected chi connectivity index (χ2v) is 4.81. The van der Waals surface area contributed by atoms with E-state index in [0.29, 0.717) is 0 Å². The van der Waals surface area contributed by atoms with Crippen LogP contribution in [0.25, 0.3) is 11.3 Å². The summed E-state index contributed by atoms with van der Waals surface area (Å²) in [4.78, 5) is 0. The molecular formula is C17H22N+. The van der Waals surface area contributed by atoms with Crippen molar-refractivity contribution in [3.63, 3.8) is 0 Å². The van der Waals surface area contributed by atoms with Crippen molar-refractivity contribution >= 4 is 0 Å². The predicted octanol–water partition coefficient (Wildman–Crippen LogP) is 3.91. The number of hydrogen-bond acceptors (Lipinski definition) is 0. The summed E-state index contributed by atoms with van der Waals surface area (Å²) in [6.45, 7) is 2.25. The summed E-state index contributed by atoms with van der Waals surface area (Å²) in [5.74, 6) is 0. The van der Waals surface area contributed by atoms with Gasteiger partial charge in [0.05, 0.1) is 0 Å². The van der Waals surface area contributed by atoms with E-state index in [-0.39, 0.29) is 0 Å². The Labute approximate surface area is 110 Å². The van der Waals surface area contributed by atoms with Crippen molar-refractivity contribution in [1.29, 1.82) is 0 Å². The van der Waals surface area contributed by atoms with Gasteiger partial charge >= 0.3 is 0 Å². The molecule has 1 heterocycles. The maximum absolute atomic E-state index is 2.26. The van der Waals surface area contributed by atoms with E-state index < -0.39 is 0 Å². The molecule has 0 fully saturated rings. The molecule has 0 N–H and O–H groups in total. The molecule has 0 amide bonds. The molecule has 0 saturated heterocycles. The Balaban J connectivity index is 2.30. The van der Waals surface area contributed by atoms with Crippen LogP contribution in [-0.2, 0) is 13.5 Å². The van der Waals surface area contributed by atoms with E-state index in [9.17, 15) is 0 Å². The van der Waals surface area contributed by atoms with Crippen molar-refractivity contribution < 1.29 is 4.57 Å². The number of nitrogens with zero attached hydrogens (tertiary/aromatic N) is 1. The molecule has 0 atom stereocenters. The van der Waals surface area contributed by atoms with Gasteiger partial charge in [0.2, 0.25) is 5.69 Å². The van der Waals surface area contributed by atoms with E-state index in [1.165, 1.54) is 42.5 Å². The molecule has 0 aliphatic rings. The lowest BCUT2D eigenvalue weighted by Crippen LogP contribution is -2.30. The zero-order valence-corrected chi connectivity index (χ0v) is 11.4. The van der Waals surface area contributed by atoms with Crippen LogP contribution < -0.4 is 4.57 Å². The molecule has 0 unspecified atom stereocenters. The summed E-state index contributed by atoms with van der Waals surface area (Å²) in [6.07, 6.45) is 7.16. The van der Waals surface area contributed by atoms with Gasteiger partial charge in [-0.3, -0.25) is 0 Å². The molecule has 1 aromatic carbocycles. The molecule has 0 bridgehead atoms. The Morgan fingerprint density at radius 2 is 1.72 bits per heavy atom. The Morgan fingerprint density at radius 3 is 2.50 bits per heavy atom. The lowest BCUT2D eigenvalue weighted by atomic mass is 9.98. The van der Waals surface area contributed by atoms with Gasteiger partial charge < -0.3 is 0 Å². The average molecular weight is 240 g/mol. The molecule has 0 aliphatic heterocycles. The number of hydrogen-bond donors (Lipinski definition) is 0. The fourth-order valence-electron chi connectivity index (χ4n) is 2.36. The highest BCUT2D eigenvalue weighted by molar-refractivity contribution is 5.60. The largest absolute Gasteiger partial charge is 0.212 e. The molecule has 2 aromatic rings. The number of rotatable bonds is 5. The predicted molar refractivity (Wildman–Crippen MR) is 76.3 cm³/mol. The van der Waals surface area contributed by atoms with E-state index in [0.717, 1.165) is 0 Å². The molecule has 94 valence electrons. The first-order valence-electron chi connectivity index (χ1n) is 6.86. The Hall–Kier alpha value is -1.63. The summed E-state index contributed by atoms with van der Waals surface area (Å²) >= 11 is 0. The Morgan fingerprint density at radius 1 is 0.944 bits per heavy atom. The first kappa shape index (κ1) is 12.8. The Bertz CT molecular complexity index is 502. The third kappa shape index (κ3) is 2.98. The number of benzene rings is 1. The molecular weight excluding hydrogens is 218 g/mol.